The van der Waals surface area contributed by atoms with Crippen LogP contribution in [0.4, 0.5) is 13.2 Å². The van der Waals surface area contributed by atoms with Gasteiger partial charge in [0.2, 0.25) is 0 Å². The molecule has 1 aromatic carbocycles. The summed E-state index contributed by atoms with van der Waals surface area (Å²) in [5.41, 5.74) is 7.80. The van der Waals surface area contributed by atoms with E-state index in [2.05, 4.69) is 10.2 Å². The van der Waals surface area contributed by atoms with Crippen LogP contribution in [0.5, 0.6) is 5.75 Å². The molecule has 7 nitrogen and oxygen atoms in total. The molecule has 3 atom stereocenters. The summed E-state index contributed by atoms with van der Waals surface area (Å²) < 4.78 is 50.4. The van der Waals surface area contributed by atoms with Crippen molar-refractivity contribution in [2.24, 2.45) is 23.5 Å². The quantitative estimate of drug-likeness (QED) is 0.432. The van der Waals surface area contributed by atoms with Gasteiger partial charge in [0.15, 0.2) is 11.5 Å². The maximum absolute atomic E-state index is 14.3. The molecule has 3 unspecified atom stereocenters. The molecule has 1 aliphatic heterocycles. The van der Waals surface area contributed by atoms with Gasteiger partial charge in [0.25, 0.3) is 0 Å². The molecule has 2 N–H and O–H groups in total. The Morgan fingerprint density at radius 3 is 2.58 bits per heavy atom. The van der Waals surface area contributed by atoms with Crippen molar-refractivity contribution in [1.82, 2.24) is 24.5 Å². The highest BCUT2D eigenvalue weighted by Crippen LogP contribution is 2.49. The highest BCUT2D eigenvalue weighted by atomic mass is 19.4. The van der Waals surface area contributed by atoms with E-state index in [4.69, 9.17) is 15.5 Å². The summed E-state index contributed by atoms with van der Waals surface area (Å²) in [6.07, 6.45) is -0.560. The Balaban J connectivity index is 1.27. The molecular formula is C26H25F3N6O. The first kappa shape index (κ1) is 22.0. The van der Waals surface area contributed by atoms with E-state index in [1.807, 2.05) is 30.3 Å². The Kier molecular flexibility index (Phi) is 4.81. The number of halogens is 3. The van der Waals surface area contributed by atoms with Crippen molar-refractivity contribution in [1.29, 1.82) is 0 Å². The summed E-state index contributed by atoms with van der Waals surface area (Å²) in [4.78, 5) is 6.30. The van der Waals surface area contributed by atoms with Crippen molar-refractivity contribution in [3.8, 4) is 17.3 Å². The van der Waals surface area contributed by atoms with Crippen LogP contribution >= 0.6 is 0 Å². The number of likely N-dealkylation sites (tertiary alicyclic amines) is 1. The van der Waals surface area contributed by atoms with Gasteiger partial charge in [-0.15, -0.1) is 10.2 Å². The average Bonchev–Trinajstić information content (AvgIpc) is 3.67. The van der Waals surface area contributed by atoms with Crippen LogP contribution in [0.25, 0.3) is 28.1 Å². The van der Waals surface area contributed by atoms with Crippen LogP contribution in [-0.4, -0.2) is 56.4 Å². The summed E-state index contributed by atoms with van der Waals surface area (Å²) in [6.45, 7) is 1.38. The van der Waals surface area contributed by atoms with Crippen LogP contribution in [0.1, 0.15) is 24.4 Å². The number of fused-ring (bicyclic) bond motifs is 3. The second kappa shape index (κ2) is 7.88. The highest BCUT2D eigenvalue weighted by Gasteiger charge is 2.58. The van der Waals surface area contributed by atoms with Crippen LogP contribution in [-0.2, 0) is 0 Å². The zero-order valence-corrected chi connectivity index (χ0v) is 19.4. The number of nitrogens with two attached hydrogens (primary N) is 1. The maximum Gasteiger partial charge on any atom is 0.408 e. The van der Waals surface area contributed by atoms with Gasteiger partial charge in [-0.25, -0.2) is 4.98 Å². The number of rotatable bonds is 6. The SMILES string of the molecule is NC1C2CN(C(c3ccc4nnc(-c5ccc6cccc(OCC7CC7)c6n5)n4c3)C(F)(F)F)CC12. The summed E-state index contributed by atoms with van der Waals surface area (Å²) in [5.74, 6) is 1.99. The van der Waals surface area contributed by atoms with Gasteiger partial charge >= 0.3 is 6.18 Å². The first-order chi connectivity index (χ1) is 17.4. The molecule has 7 rings (SSSR count). The Morgan fingerprint density at radius 2 is 1.83 bits per heavy atom. The molecule has 1 saturated heterocycles. The lowest BCUT2D eigenvalue weighted by Crippen LogP contribution is -2.40. The Hall–Kier alpha value is -3.24. The van der Waals surface area contributed by atoms with E-state index >= 15 is 0 Å². The minimum Gasteiger partial charge on any atom is -0.491 e. The fourth-order valence-corrected chi connectivity index (χ4v) is 5.52. The lowest BCUT2D eigenvalue weighted by atomic mass is 10.1. The predicted octanol–water partition coefficient (Wildman–Crippen LogP) is 4.23. The molecule has 2 aliphatic carbocycles. The minimum absolute atomic E-state index is 0.0270. The van der Waals surface area contributed by atoms with Crippen molar-refractivity contribution >= 4 is 16.6 Å². The first-order valence-corrected chi connectivity index (χ1v) is 12.3. The lowest BCUT2D eigenvalue weighted by Gasteiger charge is -2.31. The van der Waals surface area contributed by atoms with Crippen LogP contribution in [0, 0.1) is 17.8 Å². The zero-order chi connectivity index (χ0) is 24.6. The van der Waals surface area contributed by atoms with Crippen LogP contribution < -0.4 is 10.5 Å². The molecule has 2 saturated carbocycles. The summed E-state index contributed by atoms with van der Waals surface area (Å²) in [6, 6.07) is 10.9. The van der Waals surface area contributed by atoms with Gasteiger partial charge in [-0.2, -0.15) is 13.2 Å². The monoisotopic (exact) mass is 494 g/mol. The molecule has 4 heterocycles. The van der Waals surface area contributed by atoms with E-state index in [1.165, 1.54) is 30.0 Å². The molecule has 10 heteroatoms. The summed E-state index contributed by atoms with van der Waals surface area (Å²) in [5, 5.41) is 9.38. The van der Waals surface area contributed by atoms with E-state index in [-0.39, 0.29) is 23.4 Å². The van der Waals surface area contributed by atoms with Gasteiger partial charge in [0.05, 0.1) is 6.61 Å². The van der Waals surface area contributed by atoms with Gasteiger partial charge in [0.1, 0.15) is 23.0 Å². The molecule has 0 amide bonds. The fourth-order valence-electron chi connectivity index (χ4n) is 5.52. The lowest BCUT2D eigenvalue weighted by molar-refractivity contribution is -0.185. The fraction of sp³-hybridized carbons (Fsp3) is 0.423. The Morgan fingerprint density at radius 1 is 1.03 bits per heavy atom. The molecular weight excluding hydrogens is 469 g/mol. The largest absolute Gasteiger partial charge is 0.491 e. The molecule has 4 aromatic rings. The molecule has 0 spiro atoms. The van der Waals surface area contributed by atoms with E-state index in [0.717, 1.165) is 5.39 Å². The third-order valence-corrected chi connectivity index (χ3v) is 7.79. The normalized spacial score (nSPS) is 24.8. The van der Waals surface area contributed by atoms with Crippen LogP contribution in [0.2, 0.25) is 0 Å². The van der Waals surface area contributed by atoms with Crippen molar-refractivity contribution < 1.29 is 17.9 Å². The number of hydrogen-bond acceptors (Lipinski definition) is 6. The van der Waals surface area contributed by atoms with Crippen molar-refractivity contribution in [2.45, 2.75) is 31.1 Å². The number of nitrogens with zero attached hydrogens (tertiary/aromatic N) is 5. The van der Waals surface area contributed by atoms with Crippen molar-refractivity contribution in [2.75, 3.05) is 19.7 Å². The zero-order valence-electron chi connectivity index (χ0n) is 19.4. The molecule has 3 aromatic heterocycles. The van der Waals surface area contributed by atoms with Crippen LogP contribution in [0.15, 0.2) is 48.7 Å². The molecule has 0 radical (unpaired) electrons. The van der Waals surface area contributed by atoms with E-state index in [0.29, 0.717) is 54.0 Å². The van der Waals surface area contributed by atoms with Gasteiger partial charge in [-0.05, 0) is 54.4 Å². The van der Waals surface area contributed by atoms with E-state index < -0.39 is 12.2 Å². The number of alkyl halides is 3. The van der Waals surface area contributed by atoms with Gasteiger partial charge in [-0.3, -0.25) is 9.30 Å². The second-order valence-corrected chi connectivity index (χ2v) is 10.3. The highest BCUT2D eigenvalue weighted by molar-refractivity contribution is 5.86. The number of ether oxygens (including phenoxy) is 1. The molecule has 3 aliphatic rings. The van der Waals surface area contributed by atoms with Crippen LogP contribution in [0.3, 0.4) is 0 Å². The molecule has 186 valence electrons. The standard InChI is InChI=1S/C26H25F3N6O/c27-26(28,29)24(34-11-17-18(12-34)22(17)30)16-7-9-21-32-33-25(35(21)10-16)19-8-6-15-2-1-3-20(23(15)31-19)36-13-14-4-5-14/h1-3,6-10,14,17-18,22,24H,4-5,11-13,30H2. The Bertz CT molecular complexity index is 1450. The number of pyridine rings is 2. The second-order valence-electron chi connectivity index (χ2n) is 10.3. The van der Waals surface area contributed by atoms with Gasteiger partial charge in [0, 0.05) is 30.7 Å². The molecule has 36 heavy (non-hydrogen) atoms. The molecule has 3 fully saturated rings. The van der Waals surface area contributed by atoms with Gasteiger partial charge in [-0.1, -0.05) is 24.3 Å². The number of piperidine rings is 1. The maximum atomic E-state index is 14.3. The third-order valence-electron chi connectivity index (χ3n) is 7.79. The van der Waals surface area contributed by atoms with E-state index in [1.54, 1.807) is 10.5 Å². The molecule has 0 bridgehead atoms. The van der Waals surface area contributed by atoms with Gasteiger partial charge < -0.3 is 10.5 Å². The number of para-hydroxylation sites is 1. The topological polar surface area (TPSA) is 81.6 Å². The predicted molar refractivity (Wildman–Crippen MR) is 127 cm³/mol. The number of hydrogen-bond donors (Lipinski definition) is 1. The first-order valence-electron chi connectivity index (χ1n) is 12.3. The average molecular weight is 495 g/mol. The van der Waals surface area contributed by atoms with Crippen molar-refractivity contribution in [3.05, 3.63) is 54.2 Å². The van der Waals surface area contributed by atoms with E-state index in [9.17, 15) is 13.2 Å². The summed E-state index contributed by atoms with van der Waals surface area (Å²) in [7, 11) is 0. The minimum atomic E-state index is -4.42. The Labute approximate surface area is 205 Å². The summed E-state index contributed by atoms with van der Waals surface area (Å²) >= 11 is 0. The smallest absolute Gasteiger partial charge is 0.408 e. The third kappa shape index (κ3) is 3.70. The van der Waals surface area contributed by atoms with Crippen molar-refractivity contribution in [3.63, 3.8) is 0 Å². The number of benzene rings is 1. The number of aromatic nitrogens is 4.